The third-order valence-corrected chi connectivity index (χ3v) is 4.68. The third-order valence-electron chi connectivity index (χ3n) is 3.79. The van der Waals surface area contributed by atoms with Crippen molar-refractivity contribution in [3.8, 4) is 11.5 Å². The number of ether oxygens (including phenoxy) is 2. The summed E-state index contributed by atoms with van der Waals surface area (Å²) >= 11 is 1.63. The van der Waals surface area contributed by atoms with E-state index in [1.165, 1.54) is 11.0 Å². The lowest BCUT2D eigenvalue weighted by atomic mass is 10.2. The zero-order valence-electron chi connectivity index (χ0n) is 15.2. The van der Waals surface area contributed by atoms with Gasteiger partial charge < -0.3 is 14.8 Å². The molecule has 1 aromatic carbocycles. The van der Waals surface area contributed by atoms with Gasteiger partial charge in [0, 0.05) is 28.9 Å². The van der Waals surface area contributed by atoms with Crippen molar-refractivity contribution in [3.63, 3.8) is 0 Å². The Kier molecular flexibility index (Phi) is 5.27. The molecule has 0 bridgehead atoms. The van der Waals surface area contributed by atoms with Crippen molar-refractivity contribution in [2.45, 2.75) is 20.8 Å². The molecule has 2 heterocycles. The number of fused-ring (bicyclic) bond motifs is 1. The predicted octanol–water partition coefficient (Wildman–Crippen LogP) is 4.07. The fraction of sp³-hybridized carbons (Fsp3) is 0.263. The normalized spacial score (nSPS) is 11.2. The molecule has 0 aliphatic heterocycles. The van der Waals surface area contributed by atoms with Crippen LogP contribution in [-0.4, -0.2) is 29.0 Å². The van der Waals surface area contributed by atoms with Crippen LogP contribution in [0.1, 0.15) is 23.2 Å². The van der Waals surface area contributed by atoms with Gasteiger partial charge in [-0.05, 0) is 39.0 Å². The first-order chi connectivity index (χ1) is 12.5. The van der Waals surface area contributed by atoms with Crippen LogP contribution in [0.25, 0.3) is 11.0 Å². The maximum Gasteiger partial charge on any atom is 0.248 e. The second-order valence-corrected chi connectivity index (χ2v) is 6.91. The van der Waals surface area contributed by atoms with Gasteiger partial charge in [-0.15, -0.1) is 11.3 Å². The Balaban J connectivity index is 1.76. The summed E-state index contributed by atoms with van der Waals surface area (Å²) in [5.41, 5.74) is 2.44. The molecule has 3 rings (SSSR count). The number of hydrogen-bond donors (Lipinski definition) is 1. The van der Waals surface area contributed by atoms with Gasteiger partial charge in [-0.2, -0.15) is 0 Å². The van der Waals surface area contributed by atoms with E-state index in [9.17, 15) is 4.79 Å². The van der Waals surface area contributed by atoms with Crippen LogP contribution < -0.4 is 14.8 Å². The summed E-state index contributed by atoms with van der Waals surface area (Å²) in [5, 5.41) is 2.83. The lowest BCUT2D eigenvalue weighted by Gasteiger charge is -2.11. The number of amides is 1. The molecule has 0 spiro atoms. The summed E-state index contributed by atoms with van der Waals surface area (Å²) in [7, 11) is 1.57. The molecule has 0 aliphatic carbocycles. The maximum absolute atomic E-state index is 12.3. The fourth-order valence-electron chi connectivity index (χ4n) is 2.64. The summed E-state index contributed by atoms with van der Waals surface area (Å²) in [4.78, 5) is 18.9. The lowest BCUT2D eigenvalue weighted by Crippen LogP contribution is -2.08. The van der Waals surface area contributed by atoms with Gasteiger partial charge in [-0.3, -0.25) is 9.20 Å². The Morgan fingerprint density at radius 2 is 2.15 bits per heavy atom. The lowest BCUT2D eigenvalue weighted by molar-refractivity contribution is -0.111. The van der Waals surface area contributed by atoms with Crippen LogP contribution in [0.15, 0.2) is 30.5 Å². The molecule has 0 fully saturated rings. The quantitative estimate of drug-likeness (QED) is 0.663. The first kappa shape index (κ1) is 18.0. The van der Waals surface area contributed by atoms with Gasteiger partial charge >= 0.3 is 0 Å². The van der Waals surface area contributed by atoms with Gasteiger partial charge in [0.1, 0.15) is 0 Å². The third kappa shape index (κ3) is 3.72. The van der Waals surface area contributed by atoms with Crippen molar-refractivity contribution >= 4 is 34.0 Å². The monoisotopic (exact) mass is 371 g/mol. The summed E-state index contributed by atoms with van der Waals surface area (Å²) in [6, 6.07) is 5.30. The average molecular weight is 371 g/mol. The van der Waals surface area contributed by atoms with E-state index < -0.39 is 0 Å². The highest BCUT2D eigenvalue weighted by molar-refractivity contribution is 7.17. The second-order valence-electron chi connectivity index (χ2n) is 5.70. The van der Waals surface area contributed by atoms with Gasteiger partial charge in [-0.1, -0.05) is 0 Å². The number of thiazole rings is 1. The fourth-order valence-corrected chi connectivity index (χ4v) is 3.52. The number of carbonyl (C=O) groups excluding carboxylic acids is 1. The van der Waals surface area contributed by atoms with E-state index in [0.29, 0.717) is 23.8 Å². The number of nitrogens with one attached hydrogen (secondary N) is 1. The highest BCUT2D eigenvalue weighted by Gasteiger charge is 2.10. The topological polar surface area (TPSA) is 64.9 Å². The number of carbonyl (C=O) groups is 1. The number of benzene rings is 1. The number of nitrogens with zero attached hydrogens (tertiary/aromatic N) is 2. The molecule has 26 heavy (non-hydrogen) atoms. The van der Waals surface area contributed by atoms with E-state index in [-0.39, 0.29) is 5.91 Å². The summed E-state index contributed by atoms with van der Waals surface area (Å²) in [6.07, 6.45) is 5.31. The Labute approximate surface area is 156 Å². The van der Waals surface area contributed by atoms with Gasteiger partial charge in [0.05, 0.1) is 25.1 Å². The minimum atomic E-state index is -0.225. The van der Waals surface area contributed by atoms with Gasteiger partial charge in [0.15, 0.2) is 16.5 Å². The van der Waals surface area contributed by atoms with Gasteiger partial charge in [-0.25, -0.2) is 4.98 Å². The summed E-state index contributed by atoms with van der Waals surface area (Å²) < 4.78 is 12.8. The molecule has 0 saturated heterocycles. The number of aromatic nitrogens is 2. The SMILES string of the molecule is CCOc1ccc(NC(=O)/C=C/c2c(C)nc3sc(C)cn23)cc1OC. The van der Waals surface area contributed by atoms with E-state index >= 15 is 0 Å². The Hall–Kier alpha value is -2.80. The molecule has 3 aromatic rings. The minimum absolute atomic E-state index is 0.225. The van der Waals surface area contributed by atoms with Crippen molar-refractivity contribution in [1.82, 2.24) is 9.38 Å². The van der Waals surface area contributed by atoms with Crippen LogP contribution in [0, 0.1) is 13.8 Å². The molecular formula is C19H21N3O3S. The molecule has 0 saturated carbocycles. The van der Waals surface area contributed by atoms with Crippen molar-refractivity contribution in [2.24, 2.45) is 0 Å². The van der Waals surface area contributed by atoms with E-state index in [1.807, 2.05) is 31.4 Å². The maximum atomic E-state index is 12.3. The van der Waals surface area contributed by atoms with Crippen LogP contribution in [0.2, 0.25) is 0 Å². The summed E-state index contributed by atoms with van der Waals surface area (Å²) in [6.45, 7) is 6.43. The molecule has 0 unspecified atom stereocenters. The van der Waals surface area contributed by atoms with Crippen LogP contribution in [0.4, 0.5) is 5.69 Å². The zero-order chi connectivity index (χ0) is 18.7. The molecular weight excluding hydrogens is 350 g/mol. The minimum Gasteiger partial charge on any atom is -0.493 e. The van der Waals surface area contributed by atoms with Crippen LogP contribution in [0.5, 0.6) is 11.5 Å². The molecule has 0 aliphatic rings. The van der Waals surface area contributed by atoms with Gasteiger partial charge in [0.25, 0.3) is 0 Å². The number of methoxy groups -OCH3 is 1. The van der Waals surface area contributed by atoms with E-state index in [4.69, 9.17) is 9.47 Å². The smallest absolute Gasteiger partial charge is 0.248 e. The standard InChI is InChI=1S/C19H21N3O3S/c1-5-25-16-8-6-14(10-17(16)24-4)21-18(23)9-7-15-13(3)20-19-22(15)11-12(2)26-19/h6-11H,5H2,1-4H3,(H,21,23)/b9-7+. The molecule has 136 valence electrons. The highest BCUT2D eigenvalue weighted by Crippen LogP contribution is 2.30. The van der Waals surface area contributed by atoms with Crippen LogP contribution in [-0.2, 0) is 4.79 Å². The number of rotatable bonds is 6. The number of imidazole rings is 1. The Morgan fingerprint density at radius 3 is 2.88 bits per heavy atom. The molecule has 1 N–H and O–H groups in total. The molecule has 2 aromatic heterocycles. The van der Waals surface area contributed by atoms with Crippen LogP contribution in [0.3, 0.4) is 0 Å². The second kappa shape index (κ2) is 7.61. The molecule has 0 radical (unpaired) electrons. The predicted molar refractivity (Wildman–Crippen MR) is 104 cm³/mol. The zero-order valence-corrected chi connectivity index (χ0v) is 16.0. The van der Waals surface area contributed by atoms with Crippen molar-refractivity contribution in [2.75, 3.05) is 19.0 Å². The number of aryl methyl sites for hydroxylation is 2. The Morgan fingerprint density at radius 1 is 1.35 bits per heavy atom. The average Bonchev–Trinajstić information content (AvgIpc) is 3.09. The van der Waals surface area contributed by atoms with Crippen molar-refractivity contribution < 1.29 is 14.3 Å². The van der Waals surface area contributed by atoms with E-state index in [1.54, 1.807) is 42.7 Å². The number of anilines is 1. The van der Waals surface area contributed by atoms with Crippen molar-refractivity contribution in [1.29, 1.82) is 0 Å². The number of hydrogen-bond acceptors (Lipinski definition) is 5. The van der Waals surface area contributed by atoms with Gasteiger partial charge in [0.2, 0.25) is 5.91 Å². The molecule has 0 atom stereocenters. The van der Waals surface area contributed by atoms with E-state index in [2.05, 4.69) is 10.3 Å². The first-order valence-electron chi connectivity index (χ1n) is 8.26. The molecule has 1 amide bonds. The largest absolute Gasteiger partial charge is 0.493 e. The summed E-state index contributed by atoms with van der Waals surface area (Å²) in [5.74, 6) is 1.00. The van der Waals surface area contributed by atoms with Crippen molar-refractivity contribution in [3.05, 3.63) is 46.7 Å². The molecule has 7 heteroatoms. The van der Waals surface area contributed by atoms with Crippen LogP contribution >= 0.6 is 11.3 Å². The highest BCUT2D eigenvalue weighted by atomic mass is 32.1. The van der Waals surface area contributed by atoms with E-state index in [0.717, 1.165) is 16.3 Å². The first-order valence-corrected chi connectivity index (χ1v) is 9.08. The Bertz CT molecular complexity index is 972. The molecule has 6 nitrogen and oxygen atoms in total.